The van der Waals surface area contributed by atoms with E-state index in [1.807, 2.05) is 13.0 Å². The molecule has 0 aliphatic heterocycles. The molecule has 0 spiro atoms. The second-order valence-electron chi connectivity index (χ2n) is 5.28. The number of halogens is 3. The molecule has 8 heteroatoms. The normalized spacial score (nSPS) is 10.9. The fourth-order valence-electron chi connectivity index (χ4n) is 1.69. The summed E-state index contributed by atoms with van der Waals surface area (Å²) in [4.78, 5) is 0. The molecule has 0 fully saturated rings. The Labute approximate surface area is 216 Å². The molecular formula is C20H20BrF2KN2O2. The molecule has 2 rings (SSSR count). The molecule has 144 valence electrons. The third-order valence-corrected chi connectivity index (χ3v) is 3.81. The number of rotatable bonds is 6. The van der Waals surface area contributed by atoms with Gasteiger partial charge >= 0.3 is 51.4 Å². The Morgan fingerprint density at radius 1 is 0.893 bits per heavy atom. The predicted molar refractivity (Wildman–Crippen MR) is 102 cm³/mol. The average Bonchev–Trinajstić information content (AvgIpc) is 2.68. The summed E-state index contributed by atoms with van der Waals surface area (Å²) in [6.45, 7) is 8.49. The number of hydrogen-bond acceptors (Lipinski definition) is 4. The van der Waals surface area contributed by atoms with Crippen LogP contribution in [-0.4, -0.2) is 17.5 Å². The summed E-state index contributed by atoms with van der Waals surface area (Å²) in [7, 11) is 0. The van der Waals surface area contributed by atoms with Crippen LogP contribution in [0.1, 0.15) is 20.3 Å². The van der Waals surface area contributed by atoms with Gasteiger partial charge in [0.05, 0.1) is 12.5 Å². The zero-order valence-electron chi connectivity index (χ0n) is 16.0. The molecule has 2 aromatic rings. The second-order valence-corrected chi connectivity index (χ2v) is 5.93. The van der Waals surface area contributed by atoms with Crippen molar-refractivity contribution in [2.24, 2.45) is 0 Å². The van der Waals surface area contributed by atoms with E-state index >= 15 is 0 Å². The molecule has 0 aliphatic carbocycles. The molecule has 0 unspecified atom stereocenters. The van der Waals surface area contributed by atoms with Gasteiger partial charge in [-0.2, -0.15) is 5.26 Å². The maximum Gasteiger partial charge on any atom is 1.00 e. The monoisotopic (exact) mass is 476 g/mol. The maximum atomic E-state index is 12.5. The van der Waals surface area contributed by atoms with E-state index in [1.54, 1.807) is 31.2 Å². The first kappa shape index (κ1) is 29.2. The molecule has 2 aromatic carbocycles. The van der Waals surface area contributed by atoms with Gasteiger partial charge in [0.15, 0.2) is 0 Å². The second kappa shape index (κ2) is 18.1. The molecule has 0 saturated carbocycles. The van der Waals surface area contributed by atoms with Crippen molar-refractivity contribution in [2.75, 3.05) is 5.33 Å². The molecule has 0 N–H and O–H groups in total. The number of hydrogen-bond donors (Lipinski definition) is 0. The number of nitriles is 1. The Balaban J connectivity index is 0. The number of nitrogens with zero attached hydrogens (tertiary/aromatic N) is 2. The van der Waals surface area contributed by atoms with Gasteiger partial charge in [0.2, 0.25) is 0 Å². The Bertz CT molecular complexity index is 707. The summed E-state index contributed by atoms with van der Waals surface area (Å²) >= 11 is 3.29. The standard InChI is InChI=1S/C10H10FNO.C9H10BrFO.CN.K/c1-8(6-7-12)13-10-4-2-9(11)3-5-10;1-7(6-10)12-9-4-2-8(11)3-5-9;1-2;/h2-5,8H,6H2,1H3;2-5,7H,6H2,1H3;;/q;;-1;+1/t8-;7-;;/m11../s1. The number of alkyl halides is 1. The Morgan fingerprint density at radius 2 is 1.25 bits per heavy atom. The van der Waals surface area contributed by atoms with Crippen LogP contribution in [0.5, 0.6) is 11.5 Å². The van der Waals surface area contributed by atoms with E-state index in [-0.39, 0.29) is 75.2 Å². The Hall–Kier alpha value is -1.00. The Morgan fingerprint density at radius 3 is 1.57 bits per heavy atom. The van der Waals surface area contributed by atoms with Crippen LogP contribution in [0.25, 0.3) is 0 Å². The van der Waals surface area contributed by atoms with Crippen molar-refractivity contribution in [1.82, 2.24) is 0 Å². The van der Waals surface area contributed by atoms with Crippen LogP contribution in [0.15, 0.2) is 48.5 Å². The topological polar surface area (TPSA) is 66.0 Å². The Kier molecular flexibility index (Phi) is 18.8. The molecule has 0 saturated heterocycles. The fourth-order valence-corrected chi connectivity index (χ4v) is 1.82. The van der Waals surface area contributed by atoms with Gasteiger partial charge in [0.25, 0.3) is 0 Å². The van der Waals surface area contributed by atoms with Crippen LogP contribution in [0.4, 0.5) is 8.78 Å². The average molecular weight is 477 g/mol. The summed E-state index contributed by atoms with van der Waals surface area (Å²) in [5.41, 5.74) is 0. The molecule has 4 nitrogen and oxygen atoms in total. The first-order chi connectivity index (χ1) is 12.9. The van der Waals surface area contributed by atoms with E-state index in [1.165, 1.54) is 24.3 Å². The van der Waals surface area contributed by atoms with Gasteiger partial charge in [0, 0.05) is 5.33 Å². The van der Waals surface area contributed by atoms with Gasteiger partial charge in [0.1, 0.15) is 35.3 Å². The molecule has 0 heterocycles. The first-order valence-corrected chi connectivity index (χ1v) is 9.06. The van der Waals surface area contributed by atoms with Crippen LogP contribution in [0.2, 0.25) is 0 Å². The molecular weight excluding hydrogens is 457 g/mol. The first-order valence-electron chi connectivity index (χ1n) is 7.94. The van der Waals surface area contributed by atoms with Crippen molar-refractivity contribution in [3.8, 4) is 17.6 Å². The predicted octanol–water partition coefficient (Wildman–Crippen LogP) is 2.59. The van der Waals surface area contributed by atoms with E-state index in [9.17, 15) is 8.78 Å². The zero-order valence-corrected chi connectivity index (χ0v) is 20.7. The smallest absolute Gasteiger partial charge is 0.512 e. The van der Waals surface area contributed by atoms with Gasteiger partial charge < -0.3 is 21.3 Å². The van der Waals surface area contributed by atoms with Gasteiger partial charge in [-0.05, 0) is 62.4 Å². The molecule has 28 heavy (non-hydrogen) atoms. The van der Waals surface area contributed by atoms with Crippen LogP contribution < -0.4 is 60.9 Å². The molecule has 0 bridgehead atoms. The number of ether oxygens (including phenoxy) is 2. The zero-order chi connectivity index (χ0) is 20.7. The van der Waals surface area contributed by atoms with Crippen molar-refractivity contribution < 1.29 is 69.6 Å². The van der Waals surface area contributed by atoms with Crippen LogP contribution in [0, 0.1) is 34.8 Å². The van der Waals surface area contributed by atoms with Gasteiger partial charge in [-0.15, -0.1) is 0 Å². The van der Waals surface area contributed by atoms with Crippen molar-refractivity contribution in [3.63, 3.8) is 0 Å². The van der Waals surface area contributed by atoms with Crippen LogP contribution >= 0.6 is 15.9 Å². The number of benzene rings is 2. The summed E-state index contributed by atoms with van der Waals surface area (Å²) in [5, 5.41) is 15.4. The molecule has 0 amide bonds. The molecule has 0 aromatic heterocycles. The summed E-state index contributed by atoms with van der Waals surface area (Å²) in [5.74, 6) is 0.752. The van der Waals surface area contributed by atoms with Crippen LogP contribution in [-0.2, 0) is 0 Å². The minimum atomic E-state index is -0.291. The minimum absolute atomic E-state index is 0. The SMILES string of the molecule is C[C@H](CBr)Oc1ccc(F)cc1.C[C@H](CC#N)Oc1ccc(F)cc1.[C-]#N.[K+]. The van der Waals surface area contributed by atoms with E-state index in [2.05, 4.69) is 15.9 Å². The van der Waals surface area contributed by atoms with E-state index in [4.69, 9.17) is 26.6 Å². The third kappa shape index (κ3) is 14.1. The summed E-state index contributed by atoms with van der Waals surface area (Å²) in [6, 6.07) is 13.8. The van der Waals surface area contributed by atoms with Crippen molar-refractivity contribution in [3.05, 3.63) is 66.7 Å². The van der Waals surface area contributed by atoms with Crippen molar-refractivity contribution >= 4 is 15.9 Å². The van der Waals surface area contributed by atoms with E-state index in [0.717, 1.165) is 5.33 Å². The van der Waals surface area contributed by atoms with E-state index in [0.29, 0.717) is 17.9 Å². The van der Waals surface area contributed by atoms with Gasteiger partial charge in [-0.1, -0.05) is 15.9 Å². The molecule has 0 aliphatic rings. The van der Waals surface area contributed by atoms with Gasteiger partial charge in [-0.25, -0.2) is 8.78 Å². The minimum Gasteiger partial charge on any atom is -0.512 e. The van der Waals surface area contributed by atoms with Crippen molar-refractivity contribution in [2.45, 2.75) is 32.5 Å². The maximum absolute atomic E-state index is 12.5. The fraction of sp³-hybridized carbons (Fsp3) is 0.300. The largest absolute Gasteiger partial charge is 1.00 e. The van der Waals surface area contributed by atoms with Gasteiger partial charge in [-0.3, -0.25) is 0 Å². The summed E-state index contributed by atoms with van der Waals surface area (Å²) < 4.78 is 35.6. The molecule has 2 atom stereocenters. The molecule has 0 radical (unpaired) electrons. The van der Waals surface area contributed by atoms with E-state index < -0.39 is 0 Å². The van der Waals surface area contributed by atoms with Crippen LogP contribution in [0.3, 0.4) is 0 Å². The van der Waals surface area contributed by atoms with Crippen molar-refractivity contribution in [1.29, 1.82) is 10.5 Å². The summed E-state index contributed by atoms with van der Waals surface area (Å²) in [6.07, 6.45) is 0.281. The quantitative estimate of drug-likeness (QED) is 0.365. The third-order valence-electron chi connectivity index (χ3n) is 2.90.